The lowest BCUT2D eigenvalue weighted by Crippen LogP contribution is -2.39. The molecule has 84 valence electrons. The minimum absolute atomic E-state index is 0.229. The van der Waals surface area contributed by atoms with E-state index in [1.165, 1.54) is 7.11 Å². The lowest BCUT2D eigenvalue weighted by atomic mass is 10.1. The third kappa shape index (κ3) is 5.11. The summed E-state index contributed by atoms with van der Waals surface area (Å²) in [5.41, 5.74) is 0. The highest BCUT2D eigenvalue weighted by molar-refractivity contribution is 5.83. The number of hydrogen-bond acceptors (Lipinski definition) is 2. The maximum absolute atomic E-state index is 13.0. The molecule has 0 fully saturated rings. The highest BCUT2D eigenvalue weighted by atomic mass is 19.3. The second-order valence-electron chi connectivity index (χ2n) is 3.01. The summed E-state index contributed by atoms with van der Waals surface area (Å²) in [4.78, 5) is 10.8. The molecule has 0 aromatic rings. The van der Waals surface area contributed by atoms with E-state index in [1.807, 2.05) is 0 Å². The van der Waals surface area contributed by atoms with E-state index in [9.17, 15) is 13.6 Å². The standard InChI is InChI=1S/C9H17F2NO2/c1-3-12-8(13)9(10,11)6-4-5-7-14-2/h3-7H2,1-2H3,(H,12,13). The lowest BCUT2D eigenvalue weighted by Gasteiger charge is -2.14. The number of methoxy groups -OCH3 is 1. The molecule has 0 aliphatic rings. The Morgan fingerprint density at radius 1 is 1.43 bits per heavy atom. The zero-order chi connectivity index (χ0) is 11.0. The SMILES string of the molecule is CCNC(=O)C(F)(F)CCCCOC. The van der Waals surface area contributed by atoms with Gasteiger partial charge in [-0.2, -0.15) is 8.78 Å². The molecule has 1 amide bonds. The Balaban J connectivity index is 3.76. The Bertz CT molecular complexity index is 174. The van der Waals surface area contributed by atoms with Crippen molar-refractivity contribution in [3.05, 3.63) is 0 Å². The van der Waals surface area contributed by atoms with Crippen molar-refractivity contribution in [2.24, 2.45) is 0 Å². The third-order valence-corrected chi connectivity index (χ3v) is 1.76. The maximum atomic E-state index is 13.0. The first-order chi connectivity index (χ1) is 6.54. The summed E-state index contributed by atoms with van der Waals surface area (Å²) in [6, 6.07) is 0. The van der Waals surface area contributed by atoms with Crippen molar-refractivity contribution in [1.82, 2.24) is 5.32 Å². The minimum Gasteiger partial charge on any atom is -0.385 e. The van der Waals surface area contributed by atoms with Gasteiger partial charge in [-0.05, 0) is 19.8 Å². The second kappa shape index (κ2) is 6.70. The van der Waals surface area contributed by atoms with Crippen LogP contribution in [0.25, 0.3) is 0 Å². The fourth-order valence-electron chi connectivity index (χ4n) is 0.997. The summed E-state index contributed by atoms with van der Waals surface area (Å²) in [6.07, 6.45) is 0.422. The van der Waals surface area contributed by atoms with Gasteiger partial charge < -0.3 is 10.1 Å². The lowest BCUT2D eigenvalue weighted by molar-refractivity contribution is -0.146. The van der Waals surface area contributed by atoms with Crippen LogP contribution in [0, 0.1) is 0 Å². The van der Waals surface area contributed by atoms with E-state index in [0.29, 0.717) is 13.0 Å². The van der Waals surface area contributed by atoms with Crippen molar-refractivity contribution < 1.29 is 18.3 Å². The number of amides is 1. The number of halogens is 2. The summed E-state index contributed by atoms with van der Waals surface area (Å²) in [5.74, 6) is -4.43. The van der Waals surface area contributed by atoms with Crippen molar-refractivity contribution in [3.63, 3.8) is 0 Å². The van der Waals surface area contributed by atoms with Gasteiger partial charge >= 0.3 is 5.92 Å². The van der Waals surface area contributed by atoms with Gasteiger partial charge in [-0.1, -0.05) is 0 Å². The first-order valence-electron chi connectivity index (χ1n) is 4.69. The van der Waals surface area contributed by atoms with E-state index in [0.717, 1.165) is 0 Å². The number of rotatable bonds is 7. The molecule has 0 aromatic heterocycles. The summed E-state index contributed by atoms with van der Waals surface area (Å²) < 4.78 is 30.7. The molecule has 0 aliphatic carbocycles. The Hall–Kier alpha value is -0.710. The van der Waals surface area contributed by atoms with Gasteiger partial charge in [-0.25, -0.2) is 0 Å². The average molecular weight is 209 g/mol. The topological polar surface area (TPSA) is 38.3 Å². The van der Waals surface area contributed by atoms with Gasteiger partial charge in [-0.3, -0.25) is 4.79 Å². The predicted molar refractivity (Wildman–Crippen MR) is 49.4 cm³/mol. The Labute approximate surface area is 82.8 Å². The first kappa shape index (κ1) is 13.3. The zero-order valence-electron chi connectivity index (χ0n) is 8.61. The molecule has 0 aliphatic heterocycles. The van der Waals surface area contributed by atoms with Gasteiger partial charge in [0.2, 0.25) is 0 Å². The van der Waals surface area contributed by atoms with Crippen LogP contribution in [0.1, 0.15) is 26.2 Å². The smallest absolute Gasteiger partial charge is 0.324 e. The minimum atomic E-state index is -3.25. The third-order valence-electron chi connectivity index (χ3n) is 1.76. The molecule has 0 aromatic carbocycles. The van der Waals surface area contributed by atoms with E-state index >= 15 is 0 Å². The Kier molecular flexibility index (Phi) is 6.36. The van der Waals surface area contributed by atoms with Crippen LogP contribution in [0.3, 0.4) is 0 Å². The second-order valence-corrected chi connectivity index (χ2v) is 3.01. The number of ether oxygens (including phenoxy) is 1. The molecule has 0 unspecified atom stereocenters. The fourth-order valence-corrected chi connectivity index (χ4v) is 0.997. The van der Waals surface area contributed by atoms with Gasteiger partial charge in [0.05, 0.1) is 0 Å². The molecule has 0 radical (unpaired) electrons. The Morgan fingerprint density at radius 2 is 2.07 bits per heavy atom. The van der Waals surface area contributed by atoms with Crippen molar-refractivity contribution in [2.75, 3.05) is 20.3 Å². The van der Waals surface area contributed by atoms with E-state index in [1.54, 1.807) is 6.92 Å². The number of carbonyl (C=O) groups is 1. The largest absolute Gasteiger partial charge is 0.385 e. The average Bonchev–Trinajstić information content (AvgIpc) is 2.13. The van der Waals surface area contributed by atoms with Crippen LogP contribution in [-0.4, -0.2) is 32.1 Å². The van der Waals surface area contributed by atoms with Gasteiger partial charge in [0.1, 0.15) is 0 Å². The van der Waals surface area contributed by atoms with Crippen LogP contribution in [0.5, 0.6) is 0 Å². The molecule has 0 saturated heterocycles. The van der Waals surface area contributed by atoms with Crippen LogP contribution in [0.2, 0.25) is 0 Å². The quantitative estimate of drug-likeness (QED) is 0.646. The zero-order valence-corrected chi connectivity index (χ0v) is 8.61. The molecular formula is C9H17F2NO2. The summed E-state index contributed by atoms with van der Waals surface area (Å²) in [6.45, 7) is 2.29. The van der Waals surface area contributed by atoms with Gasteiger partial charge in [-0.15, -0.1) is 0 Å². The monoisotopic (exact) mass is 209 g/mol. The highest BCUT2D eigenvalue weighted by Crippen LogP contribution is 2.21. The highest BCUT2D eigenvalue weighted by Gasteiger charge is 2.37. The molecule has 0 heterocycles. The number of carbonyl (C=O) groups excluding carboxylic acids is 1. The van der Waals surface area contributed by atoms with E-state index < -0.39 is 18.3 Å². The van der Waals surface area contributed by atoms with Crippen molar-refractivity contribution in [3.8, 4) is 0 Å². The van der Waals surface area contributed by atoms with Crippen molar-refractivity contribution in [1.29, 1.82) is 0 Å². The van der Waals surface area contributed by atoms with Crippen LogP contribution in [0.15, 0.2) is 0 Å². The number of hydrogen-bond donors (Lipinski definition) is 1. The van der Waals surface area contributed by atoms with Crippen molar-refractivity contribution >= 4 is 5.91 Å². The predicted octanol–water partition coefficient (Wildman–Crippen LogP) is 1.57. The number of nitrogens with one attached hydrogen (secondary N) is 1. The fraction of sp³-hybridized carbons (Fsp3) is 0.889. The molecule has 1 N–H and O–H groups in total. The van der Waals surface area contributed by atoms with Gasteiger partial charge in [0.25, 0.3) is 5.91 Å². The number of unbranched alkanes of at least 4 members (excludes halogenated alkanes) is 1. The summed E-state index contributed by atoms with van der Waals surface area (Å²) in [5, 5.41) is 2.11. The molecule has 0 bridgehead atoms. The molecule has 3 nitrogen and oxygen atoms in total. The molecule has 0 atom stereocenters. The molecule has 0 spiro atoms. The van der Waals surface area contributed by atoms with Crippen LogP contribution in [-0.2, 0) is 9.53 Å². The summed E-state index contributed by atoms with van der Waals surface area (Å²) in [7, 11) is 1.52. The number of alkyl halides is 2. The molecular weight excluding hydrogens is 192 g/mol. The van der Waals surface area contributed by atoms with Crippen molar-refractivity contribution in [2.45, 2.75) is 32.1 Å². The van der Waals surface area contributed by atoms with Crippen LogP contribution >= 0.6 is 0 Å². The normalized spacial score (nSPS) is 11.4. The molecule has 14 heavy (non-hydrogen) atoms. The summed E-state index contributed by atoms with van der Waals surface area (Å²) >= 11 is 0. The van der Waals surface area contributed by atoms with E-state index in [-0.39, 0.29) is 13.0 Å². The molecule has 5 heteroatoms. The Morgan fingerprint density at radius 3 is 2.57 bits per heavy atom. The van der Waals surface area contributed by atoms with Crippen LogP contribution in [0.4, 0.5) is 8.78 Å². The van der Waals surface area contributed by atoms with Gasteiger partial charge in [0, 0.05) is 26.7 Å². The van der Waals surface area contributed by atoms with Crippen LogP contribution < -0.4 is 5.32 Å². The van der Waals surface area contributed by atoms with E-state index in [2.05, 4.69) is 5.32 Å². The molecule has 0 rings (SSSR count). The van der Waals surface area contributed by atoms with Gasteiger partial charge in [0.15, 0.2) is 0 Å². The first-order valence-corrected chi connectivity index (χ1v) is 4.69. The maximum Gasteiger partial charge on any atom is 0.324 e. The van der Waals surface area contributed by atoms with E-state index in [4.69, 9.17) is 4.74 Å². The molecule has 0 saturated carbocycles.